The number of guanidine groups is 1. The van der Waals surface area contributed by atoms with Crippen molar-refractivity contribution in [2.24, 2.45) is 9.98 Å². The highest BCUT2D eigenvalue weighted by atomic mass is 16.6. The number of aliphatic imine (C=N–C) groups is 2. The van der Waals surface area contributed by atoms with Gasteiger partial charge in [-0.3, -0.25) is 10.3 Å². The number of rotatable bonds is 2. The zero-order chi connectivity index (χ0) is 18.3. The molecule has 0 aromatic rings. The van der Waals surface area contributed by atoms with E-state index in [4.69, 9.17) is 9.47 Å². The van der Waals surface area contributed by atoms with Crippen LogP contribution in [0, 0.1) is 0 Å². The number of carbonyl (C=O) groups excluding carboxylic acids is 2. The zero-order valence-electron chi connectivity index (χ0n) is 14.8. The molecule has 0 saturated carbocycles. The molecular weight excluding hydrogens is 300 g/mol. The van der Waals surface area contributed by atoms with Crippen molar-refractivity contribution in [3.05, 3.63) is 12.4 Å². The minimum absolute atomic E-state index is 0.0617. The maximum atomic E-state index is 11.9. The van der Waals surface area contributed by atoms with Gasteiger partial charge in [0.05, 0.1) is 0 Å². The molecule has 0 aliphatic carbocycles. The second-order valence-electron chi connectivity index (χ2n) is 6.63. The Morgan fingerprint density at radius 1 is 1.09 bits per heavy atom. The number of hydrogen-bond donors (Lipinski definition) is 1. The van der Waals surface area contributed by atoms with Gasteiger partial charge in [-0.2, -0.15) is 0 Å². The van der Waals surface area contributed by atoms with Gasteiger partial charge in [-0.25, -0.2) is 9.59 Å². The van der Waals surface area contributed by atoms with Crippen molar-refractivity contribution in [3.8, 4) is 0 Å². The lowest BCUT2D eigenvalue weighted by atomic mass is 10.2. The molecule has 8 nitrogen and oxygen atoms in total. The molecule has 0 aromatic heterocycles. The third-order valence-electron chi connectivity index (χ3n) is 1.93. The van der Waals surface area contributed by atoms with E-state index in [1.807, 2.05) is 0 Å². The van der Waals surface area contributed by atoms with Gasteiger partial charge in [0.15, 0.2) is 0 Å². The topological polar surface area (TPSA) is 92.6 Å². The monoisotopic (exact) mass is 326 g/mol. The molecular formula is C15H26N4O4. The Bertz CT molecular complexity index is 499. The van der Waals surface area contributed by atoms with Crippen LogP contribution in [0.15, 0.2) is 22.4 Å². The highest BCUT2D eigenvalue weighted by Gasteiger charge is 2.21. The molecule has 0 bridgehead atoms. The van der Waals surface area contributed by atoms with Crippen LogP contribution in [0.3, 0.4) is 0 Å². The fraction of sp³-hybridized carbons (Fsp3) is 0.600. The summed E-state index contributed by atoms with van der Waals surface area (Å²) in [5.41, 5.74) is -1.38. The van der Waals surface area contributed by atoms with Crippen LogP contribution in [-0.2, 0) is 9.47 Å². The number of ether oxygens (including phenoxy) is 2. The van der Waals surface area contributed by atoms with Gasteiger partial charge in [-0.1, -0.05) is 0 Å². The Kier molecular flexibility index (Phi) is 7.45. The summed E-state index contributed by atoms with van der Waals surface area (Å²) < 4.78 is 10.2. The highest BCUT2D eigenvalue weighted by Crippen LogP contribution is 2.09. The quantitative estimate of drug-likeness (QED) is 0.622. The van der Waals surface area contributed by atoms with Crippen molar-refractivity contribution in [3.63, 3.8) is 0 Å². The Hall–Kier alpha value is -2.38. The molecule has 0 fully saturated rings. The average molecular weight is 326 g/mol. The molecule has 0 radical (unpaired) electrons. The van der Waals surface area contributed by atoms with Crippen LogP contribution in [0.25, 0.3) is 0 Å². The van der Waals surface area contributed by atoms with E-state index in [2.05, 4.69) is 22.0 Å². The molecule has 0 rings (SSSR count). The molecule has 0 aliphatic heterocycles. The lowest BCUT2D eigenvalue weighted by molar-refractivity contribution is 0.0557. The van der Waals surface area contributed by atoms with Gasteiger partial charge in [0.1, 0.15) is 11.2 Å². The van der Waals surface area contributed by atoms with Crippen molar-refractivity contribution in [2.75, 3.05) is 7.05 Å². The lowest BCUT2D eigenvalue weighted by Crippen LogP contribution is -2.43. The van der Waals surface area contributed by atoms with E-state index in [1.54, 1.807) is 48.6 Å². The van der Waals surface area contributed by atoms with E-state index < -0.39 is 23.4 Å². The van der Waals surface area contributed by atoms with E-state index in [-0.39, 0.29) is 5.96 Å². The van der Waals surface area contributed by atoms with Crippen molar-refractivity contribution in [1.29, 1.82) is 0 Å². The fourth-order valence-electron chi connectivity index (χ4n) is 1.18. The van der Waals surface area contributed by atoms with Gasteiger partial charge < -0.3 is 14.4 Å². The predicted molar refractivity (Wildman–Crippen MR) is 89.5 cm³/mol. The summed E-state index contributed by atoms with van der Waals surface area (Å²) in [4.78, 5) is 32.4. The number of alkyl carbamates (subject to hydrolysis) is 1. The van der Waals surface area contributed by atoms with E-state index in [0.29, 0.717) is 0 Å². The minimum atomic E-state index is -0.838. The summed E-state index contributed by atoms with van der Waals surface area (Å²) in [5.74, 6) is -0.0617. The first-order chi connectivity index (χ1) is 10.3. The average Bonchev–Trinajstić information content (AvgIpc) is 2.30. The Balaban J connectivity index is 5.23. The molecule has 8 heteroatoms. The summed E-state index contributed by atoms with van der Waals surface area (Å²) in [5, 5.41) is 2.40. The maximum absolute atomic E-state index is 11.9. The molecule has 0 atom stereocenters. The molecule has 0 aliphatic rings. The van der Waals surface area contributed by atoms with E-state index >= 15 is 0 Å². The van der Waals surface area contributed by atoms with Crippen molar-refractivity contribution in [2.45, 2.75) is 52.7 Å². The summed E-state index contributed by atoms with van der Waals surface area (Å²) in [6, 6.07) is 0. The van der Waals surface area contributed by atoms with Gasteiger partial charge in [-0.05, 0) is 48.3 Å². The van der Waals surface area contributed by atoms with Crippen LogP contribution in [0.2, 0.25) is 0 Å². The van der Waals surface area contributed by atoms with E-state index in [0.717, 1.165) is 0 Å². The number of amides is 2. The molecule has 0 saturated heterocycles. The van der Waals surface area contributed by atoms with Crippen LogP contribution < -0.4 is 5.32 Å². The van der Waals surface area contributed by atoms with Crippen LogP contribution in [0.5, 0.6) is 0 Å². The number of carbonyl (C=O) groups is 2. The largest absolute Gasteiger partial charge is 0.444 e. The highest BCUT2D eigenvalue weighted by molar-refractivity contribution is 5.99. The first-order valence-corrected chi connectivity index (χ1v) is 7.01. The number of nitrogens with zero attached hydrogens (tertiary/aromatic N) is 3. The van der Waals surface area contributed by atoms with Crippen LogP contribution in [-0.4, -0.2) is 48.0 Å². The SMILES string of the molecule is C=N/C=C\N(C)C(=NC(=O)OC(C)(C)C)NC(=O)OC(C)(C)C. The van der Waals surface area contributed by atoms with Crippen LogP contribution in [0.1, 0.15) is 41.5 Å². The summed E-state index contributed by atoms with van der Waals surface area (Å²) in [6.07, 6.45) is 1.26. The first kappa shape index (κ1) is 20.6. The van der Waals surface area contributed by atoms with Crippen molar-refractivity contribution >= 4 is 24.9 Å². The second kappa shape index (κ2) is 8.30. The molecule has 0 aromatic carbocycles. The normalized spacial score (nSPS) is 12.7. The smallest absolute Gasteiger partial charge is 0.437 e. The fourth-order valence-corrected chi connectivity index (χ4v) is 1.18. The molecule has 0 heterocycles. The van der Waals surface area contributed by atoms with Crippen molar-refractivity contribution < 1.29 is 19.1 Å². The van der Waals surface area contributed by atoms with Crippen LogP contribution in [0.4, 0.5) is 9.59 Å². The summed E-state index contributed by atoms with van der Waals surface area (Å²) in [7, 11) is 1.57. The molecule has 23 heavy (non-hydrogen) atoms. The van der Waals surface area contributed by atoms with Gasteiger partial charge in [0.2, 0.25) is 5.96 Å². The molecule has 0 spiro atoms. The zero-order valence-corrected chi connectivity index (χ0v) is 14.8. The van der Waals surface area contributed by atoms with Gasteiger partial charge in [-0.15, -0.1) is 4.99 Å². The van der Waals surface area contributed by atoms with Gasteiger partial charge >= 0.3 is 12.2 Å². The van der Waals surface area contributed by atoms with Gasteiger partial charge in [0, 0.05) is 19.4 Å². The van der Waals surface area contributed by atoms with E-state index in [1.165, 1.54) is 17.3 Å². The Labute approximate surface area is 137 Å². The Morgan fingerprint density at radius 2 is 1.61 bits per heavy atom. The second-order valence-corrected chi connectivity index (χ2v) is 6.63. The maximum Gasteiger partial charge on any atom is 0.437 e. The standard InChI is InChI=1S/C15H26N4O4/c1-14(2,3)22-12(20)17-11(19(8)10-9-16-7)18-13(21)23-15(4,5)6/h9-10H,7H2,1-6,8H3,(H,17,18,20,21)/b10-9-. The Morgan fingerprint density at radius 3 is 2.04 bits per heavy atom. The summed E-state index contributed by atoms with van der Waals surface area (Å²) >= 11 is 0. The molecule has 0 unspecified atom stereocenters. The van der Waals surface area contributed by atoms with Crippen LogP contribution >= 0.6 is 0 Å². The van der Waals surface area contributed by atoms with E-state index in [9.17, 15) is 9.59 Å². The number of nitrogens with one attached hydrogen (secondary N) is 1. The third-order valence-corrected chi connectivity index (χ3v) is 1.93. The van der Waals surface area contributed by atoms with Gasteiger partial charge in [0.25, 0.3) is 0 Å². The number of hydrogen-bond acceptors (Lipinski definition) is 5. The molecule has 130 valence electrons. The molecule has 2 amide bonds. The van der Waals surface area contributed by atoms with Crippen molar-refractivity contribution in [1.82, 2.24) is 10.2 Å². The molecule has 1 N–H and O–H groups in total. The first-order valence-electron chi connectivity index (χ1n) is 7.01. The minimum Gasteiger partial charge on any atom is -0.444 e. The lowest BCUT2D eigenvalue weighted by Gasteiger charge is -2.23. The third kappa shape index (κ3) is 10.9. The summed E-state index contributed by atoms with van der Waals surface area (Å²) in [6.45, 7) is 13.6. The predicted octanol–water partition coefficient (Wildman–Crippen LogP) is 2.91.